The molecular formula is C19H15N. The Hall–Kier alpha value is -2.77. The third-order valence-corrected chi connectivity index (χ3v) is 2.96. The molecule has 0 radical (unpaired) electrons. The van der Waals surface area contributed by atoms with Crippen molar-refractivity contribution in [1.82, 2.24) is 0 Å². The molecule has 0 aliphatic carbocycles. The van der Waals surface area contributed by atoms with Crippen LogP contribution in [0.5, 0.6) is 0 Å². The standard InChI is InChI=1S/C19H15N/c1-2-3-4-16-5-7-17(8-6-16)9-10-18-11-13-19(15-20)14-12-18/h2,5-8,11-14H,1,3-4H2. The molecule has 0 aliphatic rings. The molecule has 0 bridgehead atoms. The molecule has 0 N–H and O–H groups in total. The van der Waals surface area contributed by atoms with Gasteiger partial charge in [-0.05, 0) is 54.8 Å². The Morgan fingerprint density at radius 2 is 1.35 bits per heavy atom. The van der Waals surface area contributed by atoms with Crippen LogP contribution >= 0.6 is 0 Å². The number of hydrogen-bond donors (Lipinski definition) is 0. The Labute approximate surface area is 120 Å². The van der Waals surface area contributed by atoms with Crippen molar-refractivity contribution in [2.75, 3.05) is 0 Å². The largest absolute Gasteiger partial charge is 0.192 e. The second-order valence-corrected chi connectivity index (χ2v) is 4.46. The molecule has 0 fully saturated rings. The Kier molecular flexibility index (Phi) is 4.76. The van der Waals surface area contributed by atoms with E-state index < -0.39 is 0 Å². The summed E-state index contributed by atoms with van der Waals surface area (Å²) in [6, 6.07) is 17.7. The van der Waals surface area contributed by atoms with Crippen molar-refractivity contribution >= 4 is 0 Å². The first-order chi connectivity index (χ1) is 9.81. The second-order valence-electron chi connectivity index (χ2n) is 4.46. The summed E-state index contributed by atoms with van der Waals surface area (Å²) in [5.74, 6) is 6.23. The van der Waals surface area contributed by atoms with E-state index in [0.29, 0.717) is 5.56 Å². The zero-order chi connectivity index (χ0) is 14.2. The zero-order valence-corrected chi connectivity index (χ0v) is 11.3. The van der Waals surface area contributed by atoms with Gasteiger partial charge in [0.1, 0.15) is 0 Å². The van der Waals surface area contributed by atoms with E-state index in [-0.39, 0.29) is 0 Å². The summed E-state index contributed by atoms with van der Waals surface area (Å²) in [6.45, 7) is 3.73. The average Bonchev–Trinajstić information content (AvgIpc) is 2.52. The summed E-state index contributed by atoms with van der Waals surface area (Å²) < 4.78 is 0. The van der Waals surface area contributed by atoms with Crippen LogP contribution in [0.2, 0.25) is 0 Å². The van der Waals surface area contributed by atoms with Crippen LogP contribution in [0.3, 0.4) is 0 Å². The molecule has 0 saturated heterocycles. The minimum absolute atomic E-state index is 0.655. The van der Waals surface area contributed by atoms with Crippen LogP contribution in [0.25, 0.3) is 0 Å². The van der Waals surface area contributed by atoms with E-state index in [4.69, 9.17) is 5.26 Å². The molecule has 2 aromatic carbocycles. The van der Waals surface area contributed by atoms with E-state index in [1.165, 1.54) is 5.56 Å². The van der Waals surface area contributed by atoms with E-state index in [1.54, 1.807) is 12.1 Å². The molecule has 0 spiro atoms. The van der Waals surface area contributed by atoms with Crippen LogP contribution in [0.1, 0.15) is 28.7 Å². The maximum atomic E-state index is 8.73. The zero-order valence-electron chi connectivity index (χ0n) is 11.3. The lowest BCUT2D eigenvalue weighted by molar-refractivity contribution is 1.00. The van der Waals surface area contributed by atoms with Crippen LogP contribution in [-0.4, -0.2) is 0 Å². The molecule has 0 amide bonds. The van der Waals surface area contributed by atoms with Crippen LogP contribution in [-0.2, 0) is 6.42 Å². The molecule has 0 unspecified atom stereocenters. The van der Waals surface area contributed by atoms with Crippen LogP contribution in [0.15, 0.2) is 61.2 Å². The molecule has 0 atom stereocenters. The van der Waals surface area contributed by atoms with Gasteiger partial charge in [0, 0.05) is 11.1 Å². The molecule has 20 heavy (non-hydrogen) atoms. The summed E-state index contributed by atoms with van der Waals surface area (Å²) in [6.07, 6.45) is 3.95. The lowest BCUT2D eigenvalue weighted by Gasteiger charge is -1.98. The summed E-state index contributed by atoms with van der Waals surface area (Å²) in [4.78, 5) is 0. The highest BCUT2D eigenvalue weighted by molar-refractivity contribution is 5.45. The number of hydrogen-bond acceptors (Lipinski definition) is 1. The van der Waals surface area contributed by atoms with E-state index in [1.807, 2.05) is 30.3 Å². The van der Waals surface area contributed by atoms with E-state index >= 15 is 0 Å². The highest BCUT2D eigenvalue weighted by Gasteiger charge is 1.92. The van der Waals surface area contributed by atoms with Crippen molar-refractivity contribution in [2.24, 2.45) is 0 Å². The van der Waals surface area contributed by atoms with Crippen LogP contribution in [0, 0.1) is 23.2 Å². The Balaban J connectivity index is 2.08. The van der Waals surface area contributed by atoms with Crippen molar-refractivity contribution in [2.45, 2.75) is 12.8 Å². The van der Waals surface area contributed by atoms with Gasteiger partial charge in [0.05, 0.1) is 11.6 Å². The van der Waals surface area contributed by atoms with Gasteiger partial charge in [0.2, 0.25) is 0 Å². The Morgan fingerprint density at radius 1 is 0.850 bits per heavy atom. The molecule has 2 aromatic rings. The predicted octanol–water partition coefficient (Wildman–Crippen LogP) is 4.08. The van der Waals surface area contributed by atoms with Gasteiger partial charge in [-0.15, -0.1) is 6.58 Å². The average molecular weight is 257 g/mol. The van der Waals surface area contributed by atoms with Gasteiger partial charge in [-0.25, -0.2) is 0 Å². The topological polar surface area (TPSA) is 23.8 Å². The Bertz CT molecular complexity index is 674. The summed E-state index contributed by atoms with van der Waals surface area (Å²) >= 11 is 0. The molecule has 1 nitrogen and oxygen atoms in total. The fraction of sp³-hybridized carbons (Fsp3) is 0.105. The molecule has 96 valence electrons. The molecular weight excluding hydrogens is 242 g/mol. The van der Waals surface area contributed by atoms with Gasteiger partial charge in [-0.3, -0.25) is 0 Å². The van der Waals surface area contributed by atoms with Gasteiger partial charge in [0.15, 0.2) is 0 Å². The first-order valence-corrected chi connectivity index (χ1v) is 6.54. The lowest BCUT2D eigenvalue weighted by Crippen LogP contribution is -1.83. The second kappa shape index (κ2) is 6.98. The maximum absolute atomic E-state index is 8.73. The van der Waals surface area contributed by atoms with Crippen molar-refractivity contribution in [3.8, 4) is 17.9 Å². The van der Waals surface area contributed by atoms with Crippen molar-refractivity contribution in [3.63, 3.8) is 0 Å². The fourth-order valence-electron chi connectivity index (χ4n) is 1.80. The van der Waals surface area contributed by atoms with Crippen molar-refractivity contribution in [1.29, 1.82) is 5.26 Å². The molecule has 0 aliphatic heterocycles. The van der Waals surface area contributed by atoms with Gasteiger partial charge in [-0.2, -0.15) is 5.26 Å². The summed E-state index contributed by atoms with van der Waals surface area (Å²) in [5, 5.41) is 8.73. The van der Waals surface area contributed by atoms with Gasteiger partial charge < -0.3 is 0 Å². The van der Waals surface area contributed by atoms with Gasteiger partial charge in [0.25, 0.3) is 0 Å². The van der Waals surface area contributed by atoms with Crippen molar-refractivity contribution < 1.29 is 0 Å². The normalized spacial score (nSPS) is 9.15. The smallest absolute Gasteiger partial charge is 0.0991 e. The number of benzene rings is 2. The third-order valence-electron chi connectivity index (χ3n) is 2.96. The monoisotopic (exact) mass is 257 g/mol. The van der Waals surface area contributed by atoms with Gasteiger partial charge >= 0.3 is 0 Å². The molecule has 1 heteroatoms. The van der Waals surface area contributed by atoms with E-state index in [2.05, 4.69) is 36.6 Å². The van der Waals surface area contributed by atoms with Gasteiger partial charge in [-0.1, -0.05) is 30.0 Å². The molecule has 0 heterocycles. The number of rotatable bonds is 3. The summed E-state index contributed by atoms with van der Waals surface area (Å²) in [7, 11) is 0. The van der Waals surface area contributed by atoms with Crippen LogP contribution in [0.4, 0.5) is 0 Å². The molecule has 2 rings (SSSR count). The number of nitriles is 1. The molecule has 0 saturated carbocycles. The SMILES string of the molecule is C=CCCc1ccc(C#Cc2ccc(C#N)cc2)cc1. The predicted molar refractivity (Wildman–Crippen MR) is 82.1 cm³/mol. The first-order valence-electron chi connectivity index (χ1n) is 6.54. The van der Waals surface area contributed by atoms with Crippen molar-refractivity contribution in [3.05, 3.63) is 83.4 Å². The highest BCUT2D eigenvalue weighted by atomic mass is 14.2. The Morgan fingerprint density at radius 3 is 1.85 bits per heavy atom. The van der Waals surface area contributed by atoms with E-state index in [9.17, 15) is 0 Å². The van der Waals surface area contributed by atoms with E-state index in [0.717, 1.165) is 24.0 Å². The summed E-state index contributed by atoms with van der Waals surface area (Å²) in [5.41, 5.74) is 3.87. The number of allylic oxidation sites excluding steroid dienone is 1. The first kappa shape index (κ1) is 13.7. The minimum Gasteiger partial charge on any atom is -0.192 e. The number of nitrogens with zero attached hydrogens (tertiary/aromatic N) is 1. The third kappa shape index (κ3) is 3.87. The maximum Gasteiger partial charge on any atom is 0.0991 e. The fourth-order valence-corrected chi connectivity index (χ4v) is 1.80. The quantitative estimate of drug-likeness (QED) is 0.600. The van der Waals surface area contributed by atoms with Crippen LogP contribution < -0.4 is 0 Å². The lowest BCUT2D eigenvalue weighted by atomic mass is 10.1. The minimum atomic E-state index is 0.655. The highest BCUT2D eigenvalue weighted by Crippen LogP contribution is 2.07. The molecule has 0 aromatic heterocycles. The number of aryl methyl sites for hydroxylation is 1.